The molecule has 0 radical (unpaired) electrons. The number of carboxylic acid groups (broad SMARTS) is 1. The van der Waals surface area contributed by atoms with Crippen LogP contribution in [0.25, 0.3) is 0 Å². The summed E-state index contributed by atoms with van der Waals surface area (Å²) < 4.78 is 5.17. The number of phenolic OH excluding ortho intramolecular Hbond substituents is 1. The highest BCUT2D eigenvalue weighted by Gasteiger charge is 2.31. The average molecular weight is 387 g/mol. The number of carbonyl (C=O) groups excluding carboxylic acids is 1. The molecule has 0 spiro atoms. The van der Waals surface area contributed by atoms with E-state index < -0.39 is 23.8 Å². The minimum Gasteiger partial charge on any atom is -0.508 e. The van der Waals surface area contributed by atoms with E-state index in [0.29, 0.717) is 5.56 Å². The molecule has 2 aromatic rings. The van der Waals surface area contributed by atoms with Crippen LogP contribution in [0.2, 0.25) is 0 Å². The molecular weight excluding hydrogens is 362 g/mol. The van der Waals surface area contributed by atoms with Gasteiger partial charge in [-0.3, -0.25) is 4.79 Å². The molecule has 7 heteroatoms. The Morgan fingerprint density at radius 3 is 2.14 bits per heavy atom. The van der Waals surface area contributed by atoms with E-state index in [4.69, 9.17) is 9.57 Å². The maximum atomic E-state index is 12.2. The van der Waals surface area contributed by atoms with E-state index in [2.05, 4.69) is 0 Å². The number of carbonyl (C=O) groups is 2. The Morgan fingerprint density at radius 1 is 1.00 bits per heavy atom. The van der Waals surface area contributed by atoms with Crippen molar-refractivity contribution in [2.45, 2.75) is 45.4 Å². The summed E-state index contributed by atoms with van der Waals surface area (Å²) in [5.74, 6) is -1.06. The van der Waals surface area contributed by atoms with Gasteiger partial charge in [0.1, 0.15) is 17.4 Å². The monoisotopic (exact) mass is 387 g/mol. The maximum Gasteiger partial charge on any atom is 0.528 e. The van der Waals surface area contributed by atoms with Gasteiger partial charge in [0.2, 0.25) is 0 Å². The van der Waals surface area contributed by atoms with Crippen LogP contribution in [0.1, 0.15) is 31.9 Å². The van der Waals surface area contributed by atoms with Gasteiger partial charge in [-0.15, -0.1) is 5.06 Å². The van der Waals surface area contributed by atoms with Crippen molar-refractivity contribution < 1.29 is 29.4 Å². The van der Waals surface area contributed by atoms with Crippen LogP contribution in [0.4, 0.5) is 4.79 Å². The Morgan fingerprint density at radius 2 is 1.61 bits per heavy atom. The molecule has 2 rings (SSSR count). The van der Waals surface area contributed by atoms with Crippen molar-refractivity contribution in [1.82, 2.24) is 5.06 Å². The lowest BCUT2D eigenvalue weighted by Gasteiger charge is -2.28. The molecule has 150 valence electrons. The molecule has 0 aliphatic heterocycles. The lowest BCUT2D eigenvalue weighted by Crippen LogP contribution is -2.44. The number of carboxylic acids is 1. The number of hydroxylamine groups is 2. The Kier molecular flexibility index (Phi) is 7.00. The largest absolute Gasteiger partial charge is 0.528 e. The lowest BCUT2D eigenvalue weighted by atomic mass is 10.0. The molecule has 0 aliphatic carbocycles. The van der Waals surface area contributed by atoms with Crippen LogP contribution < -0.4 is 0 Å². The molecule has 0 aromatic heterocycles. The predicted molar refractivity (Wildman–Crippen MR) is 103 cm³/mol. The molecule has 2 N–H and O–H groups in total. The van der Waals surface area contributed by atoms with E-state index in [9.17, 15) is 19.8 Å². The first kappa shape index (κ1) is 21.2. The highest BCUT2D eigenvalue weighted by molar-refractivity contribution is 5.74. The van der Waals surface area contributed by atoms with Gasteiger partial charge < -0.3 is 19.8 Å². The summed E-state index contributed by atoms with van der Waals surface area (Å²) in [7, 11) is 0. The second kappa shape index (κ2) is 9.23. The summed E-state index contributed by atoms with van der Waals surface area (Å²) in [5.41, 5.74) is 0.685. The maximum absolute atomic E-state index is 12.2. The first-order valence-electron chi connectivity index (χ1n) is 8.86. The molecule has 0 fully saturated rings. The van der Waals surface area contributed by atoms with Crippen LogP contribution in [0.5, 0.6) is 5.75 Å². The summed E-state index contributed by atoms with van der Waals surface area (Å²) in [6, 6.07) is 14.2. The van der Waals surface area contributed by atoms with Gasteiger partial charge in [0, 0.05) is 6.42 Å². The molecule has 0 unspecified atom stereocenters. The molecule has 0 aliphatic rings. The standard InChI is InChI=1S/C21H25NO6/c1-21(2,3)27-20(26)28-22(14-16-7-5-4-6-8-16)18(19(24)25)13-15-9-11-17(23)12-10-15/h4-12,18,23H,13-14H2,1-3H3,(H,24,25)/t18-/m0/s1. The Bertz CT molecular complexity index is 783. The summed E-state index contributed by atoms with van der Waals surface area (Å²) in [6.07, 6.45) is -0.897. The predicted octanol–water partition coefficient (Wildman–Crippen LogP) is 3.76. The normalized spacial score (nSPS) is 12.4. The van der Waals surface area contributed by atoms with E-state index in [1.165, 1.54) is 12.1 Å². The quantitative estimate of drug-likeness (QED) is 0.551. The Hall–Kier alpha value is -3.06. The van der Waals surface area contributed by atoms with Crippen molar-refractivity contribution in [3.05, 3.63) is 65.7 Å². The fourth-order valence-electron chi connectivity index (χ4n) is 2.50. The van der Waals surface area contributed by atoms with E-state index >= 15 is 0 Å². The minimum absolute atomic E-state index is 0.0746. The summed E-state index contributed by atoms with van der Waals surface area (Å²) in [6.45, 7) is 5.16. The topological polar surface area (TPSA) is 96.3 Å². The smallest absolute Gasteiger partial charge is 0.508 e. The van der Waals surface area contributed by atoms with Crippen molar-refractivity contribution in [3.63, 3.8) is 0 Å². The van der Waals surface area contributed by atoms with Gasteiger partial charge in [0.15, 0.2) is 0 Å². The number of hydrogen-bond acceptors (Lipinski definition) is 6. The van der Waals surface area contributed by atoms with E-state index in [1.54, 1.807) is 32.9 Å². The number of phenols is 1. The molecule has 0 bridgehead atoms. The average Bonchev–Trinajstić information content (AvgIpc) is 2.59. The Balaban J connectivity index is 2.25. The second-order valence-electron chi connectivity index (χ2n) is 7.34. The lowest BCUT2D eigenvalue weighted by molar-refractivity contribution is -0.187. The van der Waals surface area contributed by atoms with Crippen LogP contribution in [0, 0.1) is 0 Å². The molecule has 0 amide bonds. The summed E-state index contributed by atoms with van der Waals surface area (Å²) >= 11 is 0. The van der Waals surface area contributed by atoms with Gasteiger partial charge in [-0.1, -0.05) is 42.5 Å². The fourth-order valence-corrected chi connectivity index (χ4v) is 2.50. The van der Waals surface area contributed by atoms with Crippen molar-refractivity contribution >= 4 is 12.1 Å². The third kappa shape index (κ3) is 6.92. The molecule has 28 heavy (non-hydrogen) atoms. The highest BCUT2D eigenvalue weighted by Crippen LogP contribution is 2.18. The third-order valence-corrected chi connectivity index (χ3v) is 3.76. The third-order valence-electron chi connectivity index (χ3n) is 3.76. The molecule has 7 nitrogen and oxygen atoms in total. The van der Waals surface area contributed by atoms with Gasteiger partial charge in [-0.25, -0.2) is 4.79 Å². The van der Waals surface area contributed by atoms with Gasteiger partial charge in [-0.05, 0) is 44.0 Å². The second-order valence-corrected chi connectivity index (χ2v) is 7.34. The zero-order valence-corrected chi connectivity index (χ0v) is 16.2. The summed E-state index contributed by atoms with van der Waals surface area (Å²) in [5, 5.41) is 20.3. The number of ether oxygens (including phenoxy) is 1. The van der Waals surface area contributed by atoms with Crippen molar-refractivity contribution in [1.29, 1.82) is 0 Å². The number of aliphatic carboxylic acids is 1. The number of aromatic hydroxyl groups is 1. The number of benzene rings is 2. The van der Waals surface area contributed by atoms with Crippen LogP contribution in [0.3, 0.4) is 0 Å². The molecule has 2 aromatic carbocycles. The van der Waals surface area contributed by atoms with Gasteiger partial charge in [-0.2, -0.15) is 0 Å². The highest BCUT2D eigenvalue weighted by atomic mass is 16.8. The van der Waals surface area contributed by atoms with E-state index in [1.807, 2.05) is 30.3 Å². The molecule has 1 atom stereocenters. The van der Waals surface area contributed by atoms with Crippen molar-refractivity contribution in [2.24, 2.45) is 0 Å². The number of hydrogen-bond donors (Lipinski definition) is 2. The molecule has 0 saturated carbocycles. The first-order valence-corrected chi connectivity index (χ1v) is 8.86. The fraction of sp³-hybridized carbons (Fsp3) is 0.333. The van der Waals surface area contributed by atoms with Gasteiger partial charge >= 0.3 is 12.1 Å². The first-order chi connectivity index (χ1) is 13.1. The molecule has 0 heterocycles. The number of rotatable bonds is 7. The van der Waals surface area contributed by atoms with E-state index in [-0.39, 0.29) is 18.7 Å². The summed E-state index contributed by atoms with van der Waals surface area (Å²) in [4.78, 5) is 29.4. The Labute approximate surface area is 164 Å². The number of nitrogens with zero attached hydrogens (tertiary/aromatic N) is 1. The zero-order valence-electron chi connectivity index (χ0n) is 16.2. The van der Waals surface area contributed by atoms with Gasteiger partial charge in [0.25, 0.3) is 0 Å². The van der Waals surface area contributed by atoms with Crippen LogP contribution in [-0.4, -0.2) is 39.0 Å². The SMILES string of the molecule is CC(C)(C)OC(=O)ON(Cc1ccccc1)[C@@H](Cc1ccc(O)cc1)C(=O)O. The van der Waals surface area contributed by atoms with E-state index in [0.717, 1.165) is 10.6 Å². The van der Waals surface area contributed by atoms with Crippen LogP contribution in [0.15, 0.2) is 54.6 Å². The zero-order chi connectivity index (χ0) is 20.7. The van der Waals surface area contributed by atoms with Crippen molar-refractivity contribution in [3.8, 4) is 5.75 Å². The molecule has 0 saturated heterocycles. The molecular formula is C21H25NO6. The van der Waals surface area contributed by atoms with Crippen molar-refractivity contribution in [2.75, 3.05) is 0 Å². The van der Waals surface area contributed by atoms with Crippen LogP contribution in [-0.2, 0) is 27.3 Å². The minimum atomic E-state index is -1.15. The van der Waals surface area contributed by atoms with Gasteiger partial charge in [0.05, 0.1) is 6.54 Å². The van der Waals surface area contributed by atoms with Crippen LogP contribution >= 0.6 is 0 Å².